The number of rotatable bonds is 6. The molecule has 4 rings (SSSR count). The summed E-state index contributed by atoms with van der Waals surface area (Å²) < 4.78 is 6.87. The molecule has 2 aliphatic rings. The van der Waals surface area contributed by atoms with Crippen LogP contribution in [0.4, 0.5) is 5.95 Å². The molecule has 136 valence electrons. The number of carbonyl (C=O) groups excluding carboxylic acids is 1. The summed E-state index contributed by atoms with van der Waals surface area (Å²) in [5.41, 5.74) is 1.09. The van der Waals surface area contributed by atoms with Gasteiger partial charge in [0, 0.05) is 18.3 Å². The van der Waals surface area contributed by atoms with Gasteiger partial charge in [-0.2, -0.15) is 0 Å². The SMILES string of the molecule is C[C@H](NC(=O)C1CC1)c1ccc(OC2CN(c3ncc(Br)cn3)C2)cc1. The van der Waals surface area contributed by atoms with Gasteiger partial charge in [0.15, 0.2) is 0 Å². The molecule has 7 heteroatoms. The van der Waals surface area contributed by atoms with Crippen molar-refractivity contribution in [3.63, 3.8) is 0 Å². The van der Waals surface area contributed by atoms with Crippen LogP contribution in [0.15, 0.2) is 41.1 Å². The first-order valence-electron chi connectivity index (χ1n) is 8.88. The average Bonchev–Trinajstić information content (AvgIpc) is 3.44. The number of amides is 1. The Balaban J connectivity index is 1.27. The molecule has 2 heterocycles. The highest BCUT2D eigenvalue weighted by molar-refractivity contribution is 9.10. The summed E-state index contributed by atoms with van der Waals surface area (Å²) in [7, 11) is 0. The van der Waals surface area contributed by atoms with Crippen molar-refractivity contribution in [3.05, 3.63) is 46.7 Å². The van der Waals surface area contributed by atoms with Crippen molar-refractivity contribution in [2.24, 2.45) is 5.92 Å². The minimum Gasteiger partial charge on any atom is -0.487 e. The summed E-state index contributed by atoms with van der Waals surface area (Å²) in [4.78, 5) is 22.5. The van der Waals surface area contributed by atoms with E-state index < -0.39 is 0 Å². The van der Waals surface area contributed by atoms with Crippen LogP contribution < -0.4 is 15.0 Å². The second-order valence-electron chi connectivity index (χ2n) is 6.92. The van der Waals surface area contributed by atoms with E-state index in [1.165, 1.54) is 0 Å². The minimum absolute atomic E-state index is 0.0193. The summed E-state index contributed by atoms with van der Waals surface area (Å²) in [6.45, 7) is 3.56. The summed E-state index contributed by atoms with van der Waals surface area (Å²) in [5.74, 6) is 1.97. The Morgan fingerprint density at radius 3 is 2.50 bits per heavy atom. The molecule has 1 atom stereocenters. The molecule has 1 saturated heterocycles. The average molecular weight is 417 g/mol. The Labute approximate surface area is 161 Å². The first-order chi connectivity index (χ1) is 12.6. The predicted octanol–water partition coefficient (Wildman–Crippen LogP) is 3.09. The van der Waals surface area contributed by atoms with Crippen molar-refractivity contribution in [1.82, 2.24) is 15.3 Å². The van der Waals surface area contributed by atoms with E-state index in [0.29, 0.717) is 0 Å². The smallest absolute Gasteiger partial charge is 0.225 e. The lowest BCUT2D eigenvalue weighted by Gasteiger charge is -2.38. The summed E-state index contributed by atoms with van der Waals surface area (Å²) in [6, 6.07) is 7.98. The number of anilines is 1. The number of halogens is 1. The molecular formula is C19H21BrN4O2. The lowest BCUT2D eigenvalue weighted by atomic mass is 10.1. The predicted molar refractivity (Wildman–Crippen MR) is 102 cm³/mol. The summed E-state index contributed by atoms with van der Waals surface area (Å²) in [5, 5.41) is 3.06. The summed E-state index contributed by atoms with van der Waals surface area (Å²) in [6.07, 6.45) is 5.68. The fraction of sp³-hybridized carbons (Fsp3) is 0.421. The highest BCUT2D eigenvalue weighted by Gasteiger charge is 2.31. The highest BCUT2D eigenvalue weighted by atomic mass is 79.9. The topological polar surface area (TPSA) is 67.3 Å². The van der Waals surface area contributed by atoms with Gasteiger partial charge in [-0.3, -0.25) is 4.79 Å². The van der Waals surface area contributed by atoms with Gasteiger partial charge in [-0.05, 0) is 53.4 Å². The molecule has 1 aliphatic heterocycles. The van der Waals surface area contributed by atoms with Crippen LogP contribution in [0.25, 0.3) is 0 Å². The first-order valence-corrected chi connectivity index (χ1v) is 9.67. The van der Waals surface area contributed by atoms with Crippen LogP contribution in [0, 0.1) is 5.92 Å². The van der Waals surface area contributed by atoms with Gasteiger partial charge in [0.2, 0.25) is 11.9 Å². The van der Waals surface area contributed by atoms with Crippen LogP contribution in [0.5, 0.6) is 5.75 Å². The number of nitrogens with zero attached hydrogens (tertiary/aromatic N) is 3. The van der Waals surface area contributed by atoms with Crippen molar-refractivity contribution in [1.29, 1.82) is 0 Å². The van der Waals surface area contributed by atoms with E-state index in [1.807, 2.05) is 31.2 Å². The highest BCUT2D eigenvalue weighted by Crippen LogP contribution is 2.30. The Kier molecular flexibility index (Phi) is 4.80. The van der Waals surface area contributed by atoms with Crippen molar-refractivity contribution in [2.45, 2.75) is 31.9 Å². The van der Waals surface area contributed by atoms with Crippen molar-refractivity contribution < 1.29 is 9.53 Å². The quantitative estimate of drug-likeness (QED) is 0.783. The number of ether oxygens (including phenoxy) is 1. The summed E-state index contributed by atoms with van der Waals surface area (Å²) >= 11 is 3.34. The minimum atomic E-state index is 0.0193. The number of benzene rings is 1. The molecule has 1 aliphatic carbocycles. The Morgan fingerprint density at radius 1 is 1.23 bits per heavy atom. The second-order valence-corrected chi connectivity index (χ2v) is 7.84. The Morgan fingerprint density at radius 2 is 1.88 bits per heavy atom. The van der Waals surface area contributed by atoms with Crippen molar-refractivity contribution in [3.8, 4) is 5.75 Å². The van der Waals surface area contributed by atoms with E-state index in [2.05, 4.69) is 36.1 Å². The number of nitrogens with one attached hydrogen (secondary N) is 1. The van der Waals surface area contributed by atoms with E-state index in [4.69, 9.17) is 4.74 Å². The molecule has 0 spiro atoms. The second kappa shape index (κ2) is 7.23. The van der Waals surface area contributed by atoms with Gasteiger partial charge in [-0.1, -0.05) is 12.1 Å². The van der Waals surface area contributed by atoms with Crippen LogP contribution in [0.2, 0.25) is 0 Å². The van der Waals surface area contributed by atoms with Crippen LogP contribution in [-0.4, -0.2) is 35.1 Å². The van der Waals surface area contributed by atoms with Crippen LogP contribution in [-0.2, 0) is 4.79 Å². The van der Waals surface area contributed by atoms with Crippen LogP contribution in [0.1, 0.15) is 31.4 Å². The molecule has 1 N–H and O–H groups in total. The van der Waals surface area contributed by atoms with E-state index in [-0.39, 0.29) is 24.0 Å². The normalized spacial score (nSPS) is 18.2. The number of aromatic nitrogens is 2. The fourth-order valence-electron chi connectivity index (χ4n) is 2.93. The number of carbonyl (C=O) groups is 1. The zero-order valence-corrected chi connectivity index (χ0v) is 16.1. The standard InChI is InChI=1S/C19H21BrN4O2/c1-12(23-18(25)14-2-3-14)13-4-6-16(7-5-13)26-17-10-24(11-17)19-21-8-15(20)9-22-19/h4-9,12,14,17H,2-3,10-11H2,1H3,(H,23,25)/t12-/m0/s1. The Bertz CT molecular complexity index is 771. The van der Waals surface area contributed by atoms with Gasteiger partial charge < -0.3 is 15.0 Å². The van der Waals surface area contributed by atoms with Gasteiger partial charge >= 0.3 is 0 Å². The Hall–Kier alpha value is -2.15. The van der Waals surface area contributed by atoms with E-state index >= 15 is 0 Å². The number of hydrogen-bond acceptors (Lipinski definition) is 5. The molecule has 0 bridgehead atoms. The maximum absolute atomic E-state index is 11.9. The first kappa shape index (κ1) is 17.3. The maximum Gasteiger partial charge on any atom is 0.225 e. The van der Waals surface area contributed by atoms with E-state index in [9.17, 15) is 4.79 Å². The molecule has 0 radical (unpaired) electrons. The van der Waals surface area contributed by atoms with Gasteiger partial charge in [0.1, 0.15) is 11.9 Å². The van der Waals surface area contributed by atoms with Crippen LogP contribution >= 0.6 is 15.9 Å². The molecule has 6 nitrogen and oxygen atoms in total. The molecule has 1 aromatic heterocycles. The largest absolute Gasteiger partial charge is 0.487 e. The van der Waals surface area contributed by atoms with Crippen LogP contribution in [0.3, 0.4) is 0 Å². The fourth-order valence-corrected chi connectivity index (χ4v) is 3.14. The van der Waals surface area contributed by atoms with Gasteiger partial charge in [0.05, 0.1) is 23.6 Å². The van der Waals surface area contributed by atoms with Crippen molar-refractivity contribution in [2.75, 3.05) is 18.0 Å². The molecule has 1 amide bonds. The monoisotopic (exact) mass is 416 g/mol. The molecule has 26 heavy (non-hydrogen) atoms. The molecule has 2 fully saturated rings. The maximum atomic E-state index is 11.9. The van der Waals surface area contributed by atoms with E-state index in [1.54, 1.807) is 12.4 Å². The van der Waals surface area contributed by atoms with Gasteiger partial charge in [-0.25, -0.2) is 9.97 Å². The number of hydrogen-bond donors (Lipinski definition) is 1. The molecule has 1 aromatic carbocycles. The third-order valence-corrected chi connectivity index (χ3v) is 5.14. The lowest BCUT2D eigenvalue weighted by Crippen LogP contribution is -2.54. The third kappa shape index (κ3) is 3.98. The lowest BCUT2D eigenvalue weighted by molar-refractivity contribution is -0.122. The van der Waals surface area contributed by atoms with Crippen molar-refractivity contribution >= 4 is 27.8 Å². The van der Waals surface area contributed by atoms with E-state index in [0.717, 1.165) is 47.7 Å². The molecule has 2 aromatic rings. The zero-order chi connectivity index (χ0) is 18.1. The molecule has 1 saturated carbocycles. The third-order valence-electron chi connectivity index (χ3n) is 4.73. The van der Waals surface area contributed by atoms with Gasteiger partial charge in [-0.15, -0.1) is 0 Å². The molecule has 0 unspecified atom stereocenters. The zero-order valence-electron chi connectivity index (χ0n) is 14.6. The van der Waals surface area contributed by atoms with Gasteiger partial charge in [0.25, 0.3) is 0 Å². The molecular weight excluding hydrogens is 396 g/mol.